The first-order chi connectivity index (χ1) is 8.69. The van der Waals surface area contributed by atoms with Crippen molar-refractivity contribution in [2.24, 2.45) is 0 Å². The summed E-state index contributed by atoms with van der Waals surface area (Å²) in [6, 6.07) is 3.61. The Kier molecular flexibility index (Phi) is 3.39. The number of anilines is 1. The van der Waals surface area contributed by atoms with Gasteiger partial charge in [-0.05, 0) is 46.8 Å². The van der Waals surface area contributed by atoms with Gasteiger partial charge in [0.25, 0.3) is 0 Å². The van der Waals surface area contributed by atoms with Gasteiger partial charge in [-0.1, -0.05) is 0 Å². The zero-order valence-corrected chi connectivity index (χ0v) is 12.4. The lowest BCUT2D eigenvalue weighted by Crippen LogP contribution is -2.57. The number of morpholine rings is 1. The molecule has 1 aliphatic heterocycles. The Morgan fingerprint density at radius 3 is 2.37 bits per heavy atom. The Morgan fingerprint density at radius 2 is 1.84 bits per heavy atom. The van der Waals surface area contributed by atoms with E-state index in [0.29, 0.717) is 5.56 Å². The van der Waals surface area contributed by atoms with E-state index in [4.69, 9.17) is 4.74 Å². The zero-order valence-electron chi connectivity index (χ0n) is 12.4. The molecule has 1 saturated heterocycles. The summed E-state index contributed by atoms with van der Waals surface area (Å²) in [5.41, 5.74) is 0.248. The fourth-order valence-electron chi connectivity index (χ4n) is 2.76. The maximum Gasteiger partial charge on any atom is 0.159 e. The Morgan fingerprint density at radius 1 is 1.26 bits per heavy atom. The highest BCUT2D eigenvalue weighted by Gasteiger charge is 2.38. The minimum Gasteiger partial charge on any atom is -0.366 e. The SMILES string of the molecule is CC(=O)c1ccnc(N2CC(C)(C)OC(C)(C)C2)c1. The Balaban J connectivity index is 2.30. The molecule has 0 spiro atoms. The summed E-state index contributed by atoms with van der Waals surface area (Å²) in [4.78, 5) is 18.0. The second-order valence-electron chi connectivity index (χ2n) is 6.44. The monoisotopic (exact) mass is 262 g/mol. The van der Waals surface area contributed by atoms with Gasteiger partial charge in [0.15, 0.2) is 5.78 Å². The molecule has 4 nitrogen and oxygen atoms in total. The lowest BCUT2D eigenvalue weighted by atomic mass is 9.99. The fraction of sp³-hybridized carbons (Fsp3) is 0.600. The summed E-state index contributed by atoms with van der Waals surface area (Å²) >= 11 is 0. The molecule has 104 valence electrons. The van der Waals surface area contributed by atoms with Crippen LogP contribution in [0.2, 0.25) is 0 Å². The largest absolute Gasteiger partial charge is 0.366 e. The van der Waals surface area contributed by atoms with Gasteiger partial charge in [-0.2, -0.15) is 0 Å². The number of rotatable bonds is 2. The quantitative estimate of drug-likeness (QED) is 0.768. The summed E-state index contributed by atoms with van der Waals surface area (Å²) in [6.07, 6.45) is 1.70. The molecule has 0 unspecified atom stereocenters. The van der Waals surface area contributed by atoms with Crippen LogP contribution >= 0.6 is 0 Å². The van der Waals surface area contributed by atoms with Crippen molar-refractivity contribution in [2.45, 2.75) is 45.8 Å². The maximum atomic E-state index is 11.5. The smallest absolute Gasteiger partial charge is 0.159 e. The van der Waals surface area contributed by atoms with Crippen LogP contribution in [-0.4, -0.2) is 35.1 Å². The first-order valence-corrected chi connectivity index (χ1v) is 6.61. The maximum absolute atomic E-state index is 11.5. The molecule has 1 aromatic heterocycles. The third-order valence-corrected chi connectivity index (χ3v) is 3.17. The standard InChI is InChI=1S/C15H22N2O2/c1-11(18)12-6-7-16-13(8-12)17-9-14(2,3)19-15(4,5)10-17/h6-8H,9-10H2,1-5H3. The van der Waals surface area contributed by atoms with Crippen LogP contribution in [0, 0.1) is 0 Å². The zero-order chi connectivity index (χ0) is 14.3. The Bertz CT molecular complexity index is 479. The van der Waals surface area contributed by atoms with Crippen LogP contribution in [0.4, 0.5) is 5.82 Å². The van der Waals surface area contributed by atoms with Crippen LogP contribution in [0.3, 0.4) is 0 Å². The molecule has 1 fully saturated rings. The van der Waals surface area contributed by atoms with E-state index in [1.165, 1.54) is 0 Å². The molecule has 19 heavy (non-hydrogen) atoms. The van der Waals surface area contributed by atoms with Crippen molar-refractivity contribution >= 4 is 11.6 Å². The summed E-state index contributed by atoms with van der Waals surface area (Å²) in [5, 5.41) is 0. The molecular weight excluding hydrogens is 240 g/mol. The molecule has 0 atom stereocenters. The summed E-state index contributed by atoms with van der Waals surface area (Å²) in [7, 11) is 0. The van der Waals surface area contributed by atoms with Gasteiger partial charge < -0.3 is 9.64 Å². The highest BCUT2D eigenvalue weighted by molar-refractivity contribution is 5.94. The van der Waals surface area contributed by atoms with E-state index in [1.54, 1.807) is 19.2 Å². The third kappa shape index (κ3) is 3.32. The number of ether oxygens (including phenoxy) is 1. The first kappa shape index (κ1) is 14.0. The van der Waals surface area contributed by atoms with Crippen molar-refractivity contribution < 1.29 is 9.53 Å². The molecule has 0 saturated carbocycles. The van der Waals surface area contributed by atoms with E-state index >= 15 is 0 Å². The van der Waals surface area contributed by atoms with E-state index in [0.717, 1.165) is 18.9 Å². The molecule has 0 bridgehead atoms. The van der Waals surface area contributed by atoms with Crippen molar-refractivity contribution in [2.75, 3.05) is 18.0 Å². The average molecular weight is 262 g/mol. The molecule has 0 radical (unpaired) electrons. The van der Waals surface area contributed by atoms with Gasteiger partial charge in [-0.25, -0.2) is 4.98 Å². The van der Waals surface area contributed by atoms with Gasteiger partial charge in [-0.3, -0.25) is 4.79 Å². The molecule has 0 aliphatic carbocycles. The molecule has 0 aromatic carbocycles. The number of aromatic nitrogens is 1. The molecule has 4 heteroatoms. The lowest BCUT2D eigenvalue weighted by molar-refractivity contribution is -0.133. The molecule has 1 aromatic rings. The molecule has 2 rings (SSSR count). The van der Waals surface area contributed by atoms with Crippen LogP contribution < -0.4 is 4.90 Å². The highest BCUT2D eigenvalue weighted by Crippen LogP contribution is 2.30. The summed E-state index contributed by atoms with van der Waals surface area (Å²) in [6.45, 7) is 11.4. The topological polar surface area (TPSA) is 42.4 Å². The minimum absolute atomic E-state index is 0.0652. The van der Waals surface area contributed by atoms with Crippen molar-refractivity contribution in [3.63, 3.8) is 0 Å². The Hall–Kier alpha value is -1.42. The number of nitrogens with zero attached hydrogens (tertiary/aromatic N) is 2. The predicted molar refractivity (Wildman–Crippen MR) is 75.7 cm³/mol. The number of pyridine rings is 1. The van der Waals surface area contributed by atoms with Gasteiger partial charge in [0, 0.05) is 24.8 Å². The second kappa shape index (κ2) is 4.60. The van der Waals surface area contributed by atoms with Gasteiger partial charge in [0.1, 0.15) is 5.82 Å². The van der Waals surface area contributed by atoms with E-state index in [2.05, 4.69) is 37.6 Å². The van der Waals surface area contributed by atoms with Gasteiger partial charge in [0.05, 0.1) is 11.2 Å². The first-order valence-electron chi connectivity index (χ1n) is 6.61. The van der Waals surface area contributed by atoms with Crippen molar-refractivity contribution in [3.8, 4) is 0 Å². The van der Waals surface area contributed by atoms with Crippen LogP contribution in [0.15, 0.2) is 18.3 Å². The van der Waals surface area contributed by atoms with Gasteiger partial charge in [0.2, 0.25) is 0 Å². The van der Waals surface area contributed by atoms with Crippen LogP contribution in [0.1, 0.15) is 45.0 Å². The molecule has 1 aliphatic rings. The number of ketones is 1. The number of Topliss-reactive ketones (excluding diaryl/α,β-unsaturated/α-hetero) is 1. The average Bonchev–Trinajstić information content (AvgIpc) is 2.25. The predicted octanol–water partition coefficient (Wildman–Crippen LogP) is 2.68. The molecule has 0 amide bonds. The summed E-state index contributed by atoms with van der Waals surface area (Å²) < 4.78 is 6.05. The number of hydrogen-bond donors (Lipinski definition) is 0. The molecular formula is C15H22N2O2. The van der Waals surface area contributed by atoms with E-state index < -0.39 is 0 Å². The second-order valence-corrected chi connectivity index (χ2v) is 6.44. The van der Waals surface area contributed by atoms with E-state index in [9.17, 15) is 4.79 Å². The Labute approximate surface area is 114 Å². The highest BCUT2D eigenvalue weighted by atomic mass is 16.5. The fourth-order valence-corrected chi connectivity index (χ4v) is 2.76. The number of hydrogen-bond acceptors (Lipinski definition) is 4. The van der Waals surface area contributed by atoms with Gasteiger partial charge >= 0.3 is 0 Å². The molecule has 2 heterocycles. The van der Waals surface area contributed by atoms with E-state index in [1.807, 2.05) is 6.07 Å². The summed E-state index contributed by atoms with van der Waals surface area (Å²) in [5.74, 6) is 0.910. The third-order valence-electron chi connectivity index (χ3n) is 3.17. The van der Waals surface area contributed by atoms with Crippen molar-refractivity contribution in [1.29, 1.82) is 0 Å². The van der Waals surface area contributed by atoms with Crippen LogP contribution in [-0.2, 0) is 4.74 Å². The van der Waals surface area contributed by atoms with Crippen molar-refractivity contribution in [1.82, 2.24) is 4.98 Å². The van der Waals surface area contributed by atoms with E-state index in [-0.39, 0.29) is 17.0 Å². The minimum atomic E-state index is -0.227. The lowest BCUT2D eigenvalue weighted by Gasteiger charge is -2.47. The van der Waals surface area contributed by atoms with Crippen molar-refractivity contribution in [3.05, 3.63) is 23.9 Å². The van der Waals surface area contributed by atoms with Gasteiger partial charge in [-0.15, -0.1) is 0 Å². The number of carbonyl (C=O) groups excluding carboxylic acids is 1. The van der Waals surface area contributed by atoms with Crippen LogP contribution in [0.25, 0.3) is 0 Å². The number of carbonyl (C=O) groups is 1. The molecule has 0 N–H and O–H groups in total. The normalized spacial score (nSPS) is 21.2. The van der Waals surface area contributed by atoms with Crippen LogP contribution in [0.5, 0.6) is 0 Å².